The van der Waals surface area contributed by atoms with E-state index in [-0.39, 0.29) is 54.0 Å². The number of carbonyl (C=O) groups is 2. The summed E-state index contributed by atoms with van der Waals surface area (Å²) in [4.78, 5) is 25.0. The Balaban J connectivity index is 0.00000384. The predicted molar refractivity (Wildman–Crippen MR) is 170 cm³/mol. The van der Waals surface area contributed by atoms with Crippen molar-refractivity contribution in [2.75, 3.05) is 5.32 Å². The number of primary sulfonamides is 1. The molecule has 4 aromatic rings. The number of nitrogens with zero attached hydrogens (tertiary/aromatic N) is 1. The van der Waals surface area contributed by atoms with E-state index in [1.807, 2.05) is 44.2 Å². The summed E-state index contributed by atoms with van der Waals surface area (Å²) >= 11 is 0. The number of anilines is 1. The van der Waals surface area contributed by atoms with Crippen LogP contribution in [0.15, 0.2) is 89.8 Å². The number of hydrogen-bond acceptors (Lipinski definition) is 6. The maximum absolute atomic E-state index is 14.2. The zero-order chi connectivity index (χ0) is 32.9. The van der Waals surface area contributed by atoms with Gasteiger partial charge in [0.25, 0.3) is 5.91 Å². The standard InChI is InChI=1S/C33H34FN3O7S.Na.H/c1-20(2)37-28(17-14-25(38)18-26(39)19-29(40)41)30(22-8-10-23(34)11-9-22)31(21-6-4-3-5-7-21)32(37)33(42)36-24-12-15-27(16-13-24)45(35,43)44;;/h3-17,20,25-26,38-39H,18-19H2,1-2H3,(H,36,42)(H,40,41)(H2,35,43,44);;/q;+1;-1/b17-14+;;/t25-,26-;;/m1../s1. The van der Waals surface area contributed by atoms with Crippen LogP contribution >= 0.6 is 0 Å². The Labute approximate surface area is 290 Å². The maximum atomic E-state index is 14.2. The molecule has 6 N–H and O–H groups in total. The number of aliphatic hydroxyl groups excluding tert-OH is 2. The number of nitrogens with one attached hydrogen (secondary N) is 1. The molecule has 0 unspecified atom stereocenters. The van der Waals surface area contributed by atoms with Crippen molar-refractivity contribution in [1.29, 1.82) is 0 Å². The summed E-state index contributed by atoms with van der Waals surface area (Å²) < 4.78 is 39.3. The van der Waals surface area contributed by atoms with Gasteiger partial charge in [0.15, 0.2) is 0 Å². The third-order valence-corrected chi connectivity index (χ3v) is 7.94. The van der Waals surface area contributed by atoms with Gasteiger partial charge in [-0.1, -0.05) is 48.5 Å². The average molecular weight is 660 g/mol. The Morgan fingerprint density at radius 2 is 1.54 bits per heavy atom. The molecule has 0 aliphatic rings. The molecule has 1 heterocycles. The van der Waals surface area contributed by atoms with Gasteiger partial charge < -0.3 is 26.6 Å². The number of nitrogens with two attached hydrogens (primary N) is 1. The molecule has 4 rings (SSSR count). The van der Waals surface area contributed by atoms with E-state index in [4.69, 9.17) is 10.2 Å². The van der Waals surface area contributed by atoms with Gasteiger partial charge in [0, 0.05) is 35.0 Å². The quantitative estimate of drug-likeness (QED) is 0.145. The van der Waals surface area contributed by atoms with Crippen LogP contribution in [0.1, 0.15) is 50.3 Å². The molecule has 0 fully saturated rings. The van der Waals surface area contributed by atoms with Crippen molar-refractivity contribution in [3.05, 3.63) is 102 Å². The smallest absolute Gasteiger partial charge is 1.00 e. The van der Waals surface area contributed by atoms with Gasteiger partial charge in [-0.2, -0.15) is 0 Å². The van der Waals surface area contributed by atoms with Gasteiger partial charge in [0.1, 0.15) is 11.5 Å². The second-order valence-corrected chi connectivity index (χ2v) is 12.3. The molecule has 0 bridgehead atoms. The third kappa shape index (κ3) is 9.01. The molecule has 13 heteroatoms. The minimum absolute atomic E-state index is 0. The van der Waals surface area contributed by atoms with Crippen LogP contribution in [0.4, 0.5) is 10.1 Å². The summed E-state index contributed by atoms with van der Waals surface area (Å²) in [6, 6.07) is 20.0. The summed E-state index contributed by atoms with van der Waals surface area (Å²) in [5, 5.41) is 37.7. The zero-order valence-corrected chi connectivity index (χ0v) is 28.4. The molecule has 0 aliphatic carbocycles. The van der Waals surface area contributed by atoms with E-state index in [0.717, 1.165) is 0 Å². The monoisotopic (exact) mass is 659 g/mol. The van der Waals surface area contributed by atoms with Crippen molar-refractivity contribution >= 4 is 33.7 Å². The Kier molecular flexibility index (Phi) is 12.6. The van der Waals surface area contributed by atoms with Crippen LogP contribution in [0.25, 0.3) is 28.3 Å². The number of hydrogen-bond donors (Lipinski definition) is 5. The Hall–Kier alpha value is -3.62. The second-order valence-electron chi connectivity index (χ2n) is 10.8. The van der Waals surface area contributed by atoms with E-state index in [9.17, 15) is 32.6 Å². The van der Waals surface area contributed by atoms with Gasteiger partial charge in [-0.3, -0.25) is 9.59 Å². The van der Waals surface area contributed by atoms with E-state index in [1.165, 1.54) is 42.5 Å². The molecule has 2 atom stereocenters. The number of carboxylic acids is 1. The molecular weight excluding hydrogens is 624 g/mol. The maximum Gasteiger partial charge on any atom is 1.00 e. The minimum Gasteiger partial charge on any atom is -1.00 e. The van der Waals surface area contributed by atoms with Crippen LogP contribution in [0.2, 0.25) is 0 Å². The van der Waals surface area contributed by atoms with Crippen LogP contribution in [0, 0.1) is 5.82 Å². The van der Waals surface area contributed by atoms with Crippen LogP contribution in [-0.2, 0) is 14.8 Å². The topological polar surface area (TPSA) is 172 Å². The summed E-state index contributed by atoms with van der Waals surface area (Å²) in [7, 11) is -3.94. The Morgan fingerprint density at radius 3 is 2.09 bits per heavy atom. The molecule has 46 heavy (non-hydrogen) atoms. The number of sulfonamides is 1. The fraction of sp³-hybridized carbons (Fsp3) is 0.212. The molecule has 0 aliphatic heterocycles. The number of aliphatic hydroxyl groups is 2. The number of carbonyl (C=O) groups excluding carboxylic acids is 1. The van der Waals surface area contributed by atoms with E-state index < -0.39 is 46.3 Å². The van der Waals surface area contributed by atoms with Gasteiger partial charge in [-0.25, -0.2) is 17.9 Å². The summed E-state index contributed by atoms with van der Waals surface area (Å²) in [6.45, 7) is 3.73. The molecule has 0 radical (unpaired) electrons. The van der Waals surface area contributed by atoms with Gasteiger partial charge in [0.2, 0.25) is 10.0 Å². The van der Waals surface area contributed by atoms with E-state index >= 15 is 0 Å². The number of halogens is 1. The van der Waals surface area contributed by atoms with Crippen molar-refractivity contribution in [3.8, 4) is 22.3 Å². The fourth-order valence-corrected chi connectivity index (χ4v) is 5.60. The molecule has 0 saturated carbocycles. The van der Waals surface area contributed by atoms with Crippen LogP contribution in [0.3, 0.4) is 0 Å². The SMILES string of the molecule is CC(C)n1c(/C=C/[C@@H](O)C[C@@H](O)CC(=O)O)c(-c2ccc(F)cc2)c(-c2ccccc2)c1C(=O)Nc1ccc(S(N)(=O)=O)cc1.[H-].[Na+]. The van der Waals surface area contributed by atoms with E-state index in [0.29, 0.717) is 33.6 Å². The fourth-order valence-electron chi connectivity index (χ4n) is 5.09. The molecule has 0 saturated heterocycles. The summed E-state index contributed by atoms with van der Waals surface area (Å²) in [6.07, 6.45) is -0.252. The van der Waals surface area contributed by atoms with E-state index in [2.05, 4.69) is 5.32 Å². The Bertz CT molecular complexity index is 1820. The minimum atomic E-state index is -3.94. The second kappa shape index (κ2) is 15.8. The molecule has 1 aromatic heterocycles. The number of rotatable bonds is 12. The molecule has 3 aromatic carbocycles. The summed E-state index contributed by atoms with van der Waals surface area (Å²) in [5.74, 6) is -2.18. The molecular formula is C33H35FN3NaO7S. The number of benzene rings is 3. The first-order chi connectivity index (χ1) is 21.3. The van der Waals surface area contributed by atoms with Crippen molar-refractivity contribution in [2.45, 2.75) is 49.8 Å². The normalized spacial score (nSPS) is 12.9. The number of aliphatic carboxylic acids is 1. The van der Waals surface area contributed by atoms with Crippen LogP contribution < -0.4 is 40.0 Å². The summed E-state index contributed by atoms with van der Waals surface area (Å²) in [5.41, 5.74) is 3.40. The third-order valence-electron chi connectivity index (χ3n) is 7.01. The van der Waals surface area contributed by atoms with Crippen LogP contribution in [-0.4, -0.2) is 52.4 Å². The van der Waals surface area contributed by atoms with Gasteiger partial charge in [-0.15, -0.1) is 0 Å². The first kappa shape index (κ1) is 36.8. The van der Waals surface area contributed by atoms with Gasteiger partial charge in [0.05, 0.1) is 23.5 Å². The number of amides is 1. The van der Waals surface area contributed by atoms with Crippen molar-refractivity contribution in [2.24, 2.45) is 5.14 Å². The Morgan fingerprint density at radius 1 is 0.957 bits per heavy atom. The number of aromatic nitrogens is 1. The van der Waals surface area contributed by atoms with Gasteiger partial charge >= 0.3 is 35.5 Å². The van der Waals surface area contributed by atoms with Gasteiger partial charge in [-0.05, 0) is 67.4 Å². The average Bonchev–Trinajstić information content (AvgIpc) is 3.32. The molecule has 1 amide bonds. The first-order valence-corrected chi connectivity index (χ1v) is 15.6. The zero-order valence-electron chi connectivity index (χ0n) is 26.6. The van der Waals surface area contributed by atoms with Crippen molar-refractivity contribution in [1.82, 2.24) is 4.57 Å². The number of carboxylic acid groups (broad SMARTS) is 1. The van der Waals surface area contributed by atoms with Crippen molar-refractivity contribution in [3.63, 3.8) is 0 Å². The van der Waals surface area contributed by atoms with Crippen molar-refractivity contribution < 1.29 is 68.7 Å². The van der Waals surface area contributed by atoms with Crippen LogP contribution in [0.5, 0.6) is 0 Å². The predicted octanol–water partition coefficient (Wildman–Crippen LogP) is 2.16. The largest absolute Gasteiger partial charge is 1.00 e. The molecule has 238 valence electrons. The van der Waals surface area contributed by atoms with E-state index in [1.54, 1.807) is 22.8 Å². The first-order valence-electron chi connectivity index (χ1n) is 14.1. The molecule has 0 spiro atoms. The molecule has 10 nitrogen and oxygen atoms in total.